The summed E-state index contributed by atoms with van der Waals surface area (Å²) in [6, 6.07) is 10.4. The molecule has 0 spiro atoms. The van der Waals surface area contributed by atoms with Gasteiger partial charge in [-0.25, -0.2) is 9.37 Å². The first-order valence-corrected chi connectivity index (χ1v) is 6.23. The molecule has 0 saturated heterocycles. The van der Waals surface area contributed by atoms with Crippen LogP contribution in [-0.4, -0.2) is 11.5 Å². The molecule has 1 aromatic carbocycles. The van der Waals surface area contributed by atoms with Gasteiger partial charge in [0, 0.05) is 22.5 Å². The van der Waals surface area contributed by atoms with E-state index in [0.29, 0.717) is 0 Å². The second kappa shape index (κ2) is 5.68. The summed E-state index contributed by atoms with van der Waals surface area (Å²) >= 11 is 1.52. The fourth-order valence-electron chi connectivity index (χ4n) is 1.42. The zero-order valence-electron chi connectivity index (χ0n) is 9.48. The maximum Gasteiger partial charge on any atom is 0.126 e. The fraction of sp³-hybridized carbons (Fsp3) is 0.154. The smallest absolute Gasteiger partial charge is 0.126 e. The summed E-state index contributed by atoms with van der Waals surface area (Å²) in [5, 5.41) is 3.15. The second-order valence-electron chi connectivity index (χ2n) is 3.47. The highest BCUT2D eigenvalue weighted by Crippen LogP contribution is 2.28. The van der Waals surface area contributed by atoms with Crippen molar-refractivity contribution in [3.05, 3.63) is 48.4 Å². The predicted octanol–water partition coefficient (Wildman–Crippen LogP) is 3.80. The van der Waals surface area contributed by atoms with Gasteiger partial charge in [0.2, 0.25) is 0 Å². The molecule has 0 atom stereocenters. The molecule has 0 amide bonds. The van der Waals surface area contributed by atoms with Gasteiger partial charge in [-0.2, -0.15) is 0 Å². The molecule has 0 aliphatic carbocycles. The van der Waals surface area contributed by atoms with Gasteiger partial charge in [0.1, 0.15) is 11.6 Å². The van der Waals surface area contributed by atoms with Crippen LogP contribution in [0.4, 0.5) is 10.2 Å². The van der Waals surface area contributed by atoms with Gasteiger partial charge in [0.15, 0.2) is 0 Å². The number of benzene rings is 1. The van der Waals surface area contributed by atoms with Crippen LogP contribution in [0.1, 0.15) is 6.92 Å². The Kier molecular flexibility index (Phi) is 3.98. The van der Waals surface area contributed by atoms with Gasteiger partial charge < -0.3 is 5.32 Å². The van der Waals surface area contributed by atoms with E-state index in [1.807, 2.05) is 25.1 Å². The Hall–Kier alpha value is -1.55. The molecule has 0 aliphatic heterocycles. The molecular weight excluding hydrogens is 235 g/mol. The van der Waals surface area contributed by atoms with E-state index in [1.165, 1.54) is 23.9 Å². The lowest BCUT2D eigenvalue weighted by molar-refractivity contribution is 0.624. The Morgan fingerprint density at radius 1 is 1.24 bits per heavy atom. The van der Waals surface area contributed by atoms with Crippen LogP contribution < -0.4 is 5.32 Å². The predicted molar refractivity (Wildman–Crippen MR) is 68.9 cm³/mol. The Bertz CT molecular complexity index is 502. The van der Waals surface area contributed by atoms with E-state index in [-0.39, 0.29) is 5.82 Å². The highest BCUT2D eigenvalue weighted by atomic mass is 32.2. The molecule has 0 unspecified atom stereocenters. The van der Waals surface area contributed by atoms with Crippen molar-refractivity contribution in [2.24, 2.45) is 0 Å². The molecule has 0 aliphatic rings. The van der Waals surface area contributed by atoms with E-state index in [4.69, 9.17) is 0 Å². The largest absolute Gasteiger partial charge is 0.370 e. The Morgan fingerprint density at radius 2 is 2.06 bits per heavy atom. The monoisotopic (exact) mass is 248 g/mol. The number of nitrogens with one attached hydrogen (secondary N) is 1. The first-order chi connectivity index (χ1) is 8.28. The highest BCUT2D eigenvalue weighted by Gasteiger charge is 2.00. The second-order valence-corrected chi connectivity index (χ2v) is 4.61. The number of hydrogen-bond acceptors (Lipinski definition) is 3. The Balaban J connectivity index is 2.15. The van der Waals surface area contributed by atoms with E-state index in [1.54, 1.807) is 12.3 Å². The normalized spacial score (nSPS) is 10.2. The number of hydrogen-bond donors (Lipinski definition) is 1. The Labute approximate surface area is 104 Å². The van der Waals surface area contributed by atoms with Crippen molar-refractivity contribution in [2.75, 3.05) is 11.9 Å². The minimum atomic E-state index is -0.212. The minimum Gasteiger partial charge on any atom is -0.370 e. The van der Waals surface area contributed by atoms with E-state index >= 15 is 0 Å². The van der Waals surface area contributed by atoms with Gasteiger partial charge in [-0.05, 0) is 37.3 Å². The van der Waals surface area contributed by atoms with Gasteiger partial charge in [-0.15, -0.1) is 0 Å². The van der Waals surface area contributed by atoms with Gasteiger partial charge in [0.05, 0.1) is 0 Å². The summed E-state index contributed by atoms with van der Waals surface area (Å²) in [7, 11) is 0. The summed E-state index contributed by atoms with van der Waals surface area (Å²) in [6.07, 6.45) is 1.75. The fourth-order valence-corrected chi connectivity index (χ4v) is 2.31. The molecule has 1 aromatic heterocycles. The SMILES string of the molecule is CCNc1cc(Sc2cccc(F)c2)ccn1. The average molecular weight is 248 g/mol. The lowest BCUT2D eigenvalue weighted by atomic mass is 10.3. The van der Waals surface area contributed by atoms with Crippen molar-refractivity contribution in [3.8, 4) is 0 Å². The molecule has 2 rings (SSSR count). The van der Waals surface area contributed by atoms with Crippen LogP contribution in [0.3, 0.4) is 0 Å². The van der Waals surface area contributed by atoms with Crippen LogP contribution in [-0.2, 0) is 0 Å². The molecule has 0 bridgehead atoms. The summed E-state index contributed by atoms with van der Waals surface area (Å²) in [5.41, 5.74) is 0. The summed E-state index contributed by atoms with van der Waals surface area (Å²) in [6.45, 7) is 2.86. The third kappa shape index (κ3) is 3.46. The average Bonchev–Trinajstić information content (AvgIpc) is 2.30. The van der Waals surface area contributed by atoms with Gasteiger partial charge in [0.25, 0.3) is 0 Å². The van der Waals surface area contributed by atoms with E-state index < -0.39 is 0 Å². The van der Waals surface area contributed by atoms with Crippen molar-refractivity contribution in [2.45, 2.75) is 16.7 Å². The summed E-state index contributed by atoms with van der Waals surface area (Å²) in [5.74, 6) is 0.630. The molecule has 0 saturated carbocycles. The van der Waals surface area contributed by atoms with Crippen LogP contribution in [0.2, 0.25) is 0 Å². The first-order valence-electron chi connectivity index (χ1n) is 5.41. The highest BCUT2D eigenvalue weighted by molar-refractivity contribution is 7.99. The topological polar surface area (TPSA) is 24.9 Å². The molecule has 88 valence electrons. The Morgan fingerprint density at radius 3 is 2.82 bits per heavy atom. The zero-order chi connectivity index (χ0) is 12.1. The number of halogens is 1. The zero-order valence-corrected chi connectivity index (χ0v) is 10.3. The third-order valence-corrected chi connectivity index (χ3v) is 3.10. The number of rotatable bonds is 4. The summed E-state index contributed by atoms with van der Waals surface area (Å²) < 4.78 is 13.0. The molecule has 4 heteroatoms. The third-order valence-electron chi connectivity index (χ3n) is 2.12. The van der Waals surface area contributed by atoms with Crippen molar-refractivity contribution in [1.82, 2.24) is 4.98 Å². The van der Waals surface area contributed by atoms with Crippen molar-refractivity contribution < 1.29 is 4.39 Å². The summed E-state index contributed by atoms with van der Waals surface area (Å²) in [4.78, 5) is 6.12. The molecule has 17 heavy (non-hydrogen) atoms. The standard InChI is InChI=1S/C13H13FN2S/c1-2-15-13-9-12(6-7-16-13)17-11-5-3-4-10(14)8-11/h3-9H,2H2,1H3,(H,15,16). The molecular formula is C13H13FN2S. The number of nitrogens with zero attached hydrogens (tertiary/aromatic N) is 1. The molecule has 0 radical (unpaired) electrons. The quantitative estimate of drug-likeness (QED) is 0.890. The molecule has 1 heterocycles. The lowest BCUT2D eigenvalue weighted by Gasteiger charge is -2.05. The van der Waals surface area contributed by atoms with Crippen LogP contribution in [0, 0.1) is 5.82 Å². The van der Waals surface area contributed by atoms with Crippen LogP contribution in [0.25, 0.3) is 0 Å². The maximum atomic E-state index is 13.0. The van der Waals surface area contributed by atoms with Crippen LogP contribution in [0.15, 0.2) is 52.4 Å². The number of aromatic nitrogens is 1. The molecule has 0 fully saturated rings. The lowest BCUT2D eigenvalue weighted by Crippen LogP contribution is -1.98. The first kappa shape index (κ1) is 11.9. The van der Waals surface area contributed by atoms with Crippen molar-refractivity contribution in [3.63, 3.8) is 0 Å². The number of anilines is 1. The van der Waals surface area contributed by atoms with Crippen LogP contribution >= 0.6 is 11.8 Å². The van der Waals surface area contributed by atoms with Crippen molar-refractivity contribution >= 4 is 17.6 Å². The van der Waals surface area contributed by atoms with Gasteiger partial charge >= 0.3 is 0 Å². The van der Waals surface area contributed by atoms with Gasteiger partial charge in [-0.1, -0.05) is 17.8 Å². The number of pyridine rings is 1. The molecule has 1 N–H and O–H groups in total. The maximum absolute atomic E-state index is 13.0. The van der Waals surface area contributed by atoms with Gasteiger partial charge in [-0.3, -0.25) is 0 Å². The molecule has 2 aromatic rings. The van der Waals surface area contributed by atoms with Crippen molar-refractivity contribution in [1.29, 1.82) is 0 Å². The van der Waals surface area contributed by atoms with E-state index in [9.17, 15) is 4.39 Å². The van der Waals surface area contributed by atoms with Crippen LogP contribution in [0.5, 0.6) is 0 Å². The van der Waals surface area contributed by atoms with E-state index in [0.717, 1.165) is 22.2 Å². The van der Waals surface area contributed by atoms with E-state index in [2.05, 4.69) is 10.3 Å². The minimum absolute atomic E-state index is 0.212. The molecule has 2 nitrogen and oxygen atoms in total.